The summed E-state index contributed by atoms with van der Waals surface area (Å²) in [7, 11) is 0. The van der Waals surface area contributed by atoms with E-state index in [1.54, 1.807) is 40.1 Å². The minimum absolute atomic E-state index is 0.0858. The number of carbonyl (C=O) groups excluding carboxylic acids is 2. The molecule has 4 aromatic rings. The van der Waals surface area contributed by atoms with Crippen molar-refractivity contribution in [2.75, 3.05) is 77.7 Å². The fourth-order valence-electron chi connectivity index (χ4n) is 5.37. The van der Waals surface area contributed by atoms with Crippen molar-refractivity contribution in [2.45, 2.75) is 6.18 Å². The van der Waals surface area contributed by atoms with E-state index in [0.717, 1.165) is 0 Å². The molecule has 2 aromatic heterocycles. The zero-order chi connectivity index (χ0) is 33.1. The van der Waals surface area contributed by atoms with Crippen LogP contribution in [0.2, 0.25) is 0 Å². The van der Waals surface area contributed by atoms with Crippen LogP contribution in [-0.4, -0.2) is 79.2 Å². The maximum absolute atomic E-state index is 14.2. The largest absolute Gasteiger partial charge is 0.437 e. The molecule has 16 heteroatoms. The highest BCUT2D eigenvalue weighted by Gasteiger charge is 2.42. The monoisotopic (exact) mass is 656 g/mol. The number of nitrogens with one attached hydrogen (secondary N) is 2. The van der Waals surface area contributed by atoms with E-state index < -0.39 is 41.2 Å². The van der Waals surface area contributed by atoms with E-state index in [4.69, 9.17) is 4.42 Å². The van der Waals surface area contributed by atoms with Crippen LogP contribution in [-0.2, 0) is 6.18 Å². The van der Waals surface area contributed by atoms with Crippen molar-refractivity contribution in [1.82, 2.24) is 14.9 Å². The highest BCUT2D eigenvalue weighted by molar-refractivity contribution is 6.03. The molecule has 0 aliphatic carbocycles. The Hall–Kier alpha value is -5.41. The zero-order valence-corrected chi connectivity index (χ0v) is 24.8. The quantitative estimate of drug-likeness (QED) is 0.269. The van der Waals surface area contributed by atoms with E-state index in [2.05, 4.69) is 20.6 Å². The first-order chi connectivity index (χ1) is 22.6. The summed E-state index contributed by atoms with van der Waals surface area (Å²) in [6.07, 6.45) is -3.66. The Morgan fingerprint density at radius 1 is 0.745 bits per heavy atom. The second kappa shape index (κ2) is 13.1. The number of alkyl halides is 3. The molecule has 2 N–H and O–H groups in total. The summed E-state index contributed by atoms with van der Waals surface area (Å²) in [5, 5.41) is 4.94. The van der Waals surface area contributed by atoms with E-state index in [0.29, 0.717) is 50.8 Å². The Kier molecular flexibility index (Phi) is 8.82. The molecule has 0 atom stereocenters. The molecule has 246 valence electrons. The third-order valence-corrected chi connectivity index (χ3v) is 7.85. The van der Waals surface area contributed by atoms with Crippen LogP contribution in [0, 0.1) is 11.6 Å². The van der Waals surface area contributed by atoms with Crippen molar-refractivity contribution < 1.29 is 36.0 Å². The predicted octanol–water partition coefficient (Wildman–Crippen LogP) is 5.30. The van der Waals surface area contributed by atoms with Gasteiger partial charge in [0.2, 0.25) is 5.76 Å². The number of nitrogens with zero attached hydrogens (tertiary/aromatic N) is 6. The molecule has 0 radical (unpaired) electrons. The average molecular weight is 657 g/mol. The molecule has 47 heavy (non-hydrogen) atoms. The molecular formula is C31H29F5N8O3. The van der Waals surface area contributed by atoms with Gasteiger partial charge in [-0.2, -0.15) is 18.2 Å². The van der Waals surface area contributed by atoms with E-state index in [1.807, 2.05) is 4.90 Å². The number of hydrogen-bond donors (Lipinski definition) is 2. The molecular weight excluding hydrogens is 627 g/mol. The van der Waals surface area contributed by atoms with Gasteiger partial charge in [0.1, 0.15) is 17.5 Å². The molecule has 0 unspecified atom stereocenters. The third-order valence-electron chi connectivity index (χ3n) is 7.85. The molecule has 2 aliphatic heterocycles. The van der Waals surface area contributed by atoms with Crippen molar-refractivity contribution in [3.63, 3.8) is 0 Å². The molecule has 4 heterocycles. The van der Waals surface area contributed by atoms with Crippen LogP contribution in [0.4, 0.5) is 55.6 Å². The molecule has 2 fully saturated rings. The van der Waals surface area contributed by atoms with Crippen LogP contribution >= 0.6 is 0 Å². The van der Waals surface area contributed by atoms with Gasteiger partial charge >= 0.3 is 12.2 Å². The van der Waals surface area contributed by atoms with Gasteiger partial charge < -0.3 is 34.7 Å². The van der Waals surface area contributed by atoms with E-state index in [1.165, 1.54) is 41.4 Å². The van der Waals surface area contributed by atoms with Crippen molar-refractivity contribution in [2.24, 2.45) is 0 Å². The molecule has 0 spiro atoms. The van der Waals surface area contributed by atoms with E-state index in [-0.39, 0.29) is 30.5 Å². The highest BCUT2D eigenvalue weighted by atomic mass is 19.4. The molecule has 2 aromatic carbocycles. The second-order valence-corrected chi connectivity index (χ2v) is 10.8. The molecule has 0 bridgehead atoms. The number of halogens is 5. The van der Waals surface area contributed by atoms with Gasteiger partial charge in [0.05, 0.1) is 23.3 Å². The number of hydrogen-bond acceptors (Lipinski definition) is 8. The van der Waals surface area contributed by atoms with Crippen molar-refractivity contribution in [3.8, 4) is 0 Å². The van der Waals surface area contributed by atoms with E-state index >= 15 is 0 Å². The molecule has 11 nitrogen and oxygen atoms in total. The summed E-state index contributed by atoms with van der Waals surface area (Å²) in [5.41, 5.74) is -0.849. The Morgan fingerprint density at radius 3 is 2.02 bits per heavy atom. The zero-order valence-electron chi connectivity index (χ0n) is 24.8. The average Bonchev–Trinajstić information content (AvgIpc) is 3.54. The van der Waals surface area contributed by atoms with Crippen LogP contribution in [0.25, 0.3) is 0 Å². The summed E-state index contributed by atoms with van der Waals surface area (Å²) >= 11 is 0. The lowest BCUT2D eigenvalue weighted by Crippen LogP contribution is -2.50. The number of urea groups is 1. The van der Waals surface area contributed by atoms with Gasteiger partial charge in [0.25, 0.3) is 11.9 Å². The summed E-state index contributed by atoms with van der Waals surface area (Å²) in [6, 6.07) is 14.4. The summed E-state index contributed by atoms with van der Waals surface area (Å²) in [4.78, 5) is 40.2. The number of oxazole rings is 1. The van der Waals surface area contributed by atoms with Crippen LogP contribution in [0.3, 0.4) is 0 Å². The number of amides is 3. The third kappa shape index (κ3) is 7.05. The number of aromatic nitrogens is 2. The fourth-order valence-corrected chi connectivity index (χ4v) is 5.37. The highest BCUT2D eigenvalue weighted by Crippen LogP contribution is 2.35. The summed E-state index contributed by atoms with van der Waals surface area (Å²) < 4.78 is 75.1. The number of benzene rings is 2. The summed E-state index contributed by atoms with van der Waals surface area (Å²) in [6.45, 7) is 2.54. The number of piperazine rings is 2. The molecule has 2 aliphatic rings. The van der Waals surface area contributed by atoms with Crippen molar-refractivity contribution >= 4 is 40.8 Å². The normalized spacial score (nSPS) is 15.5. The Labute approximate surface area is 265 Å². The lowest BCUT2D eigenvalue weighted by Gasteiger charge is -2.35. The van der Waals surface area contributed by atoms with Crippen molar-refractivity contribution in [1.29, 1.82) is 0 Å². The van der Waals surface area contributed by atoms with E-state index in [9.17, 15) is 31.5 Å². The van der Waals surface area contributed by atoms with Gasteiger partial charge in [0, 0.05) is 52.4 Å². The maximum atomic E-state index is 14.2. The van der Waals surface area contributed by atoms with Gasteiger partial charge in [-0.05, 0) is 36.4 Å². The fraction of sp³-hybridized carbons (Fsp3) is 0.290. The first-order valence-electron chi connectivity index (χ1n) is 14.7. The van der Waals surface area contributed by atoms with Crippen LogP contribution in [0.5, 0.6) is 0 Å². The van der Waals surface area contributed by atoms with Gasteiger partial charge in [-0.3, -0.25) is 4.79 Å². The minimum Gasteiger partial charge on any atom is -0.417 e. The van der Waals surface area contributed by atoms with Crippen LogP contribution < -0.4 is 25.3 Å². The second-order valence-electron chi connectivity index (χ2n) is 10.8. The molecule has 0 saturated carbocycles. The lowest BCUT2D eigenvalue weighted by atomic mass is 10.2. The standard InChI is InChI=1S/C31H29F5N8O3/c32-21-5-1-3-7-23(21)39-29(46)43-15-13-42(14-16-43)25-10-9-20(19-37-25)38-28(45)26-27(31(34,35)36)40-30(47-26)44-17-11-41(12-18-44)24-8-4-2-6-22(24)33/h1-10,19H,11-18H2,(H,38,45)(H,39,46). The van der Waals surface area contributed by atoms with Crippen LogP contribution in [0.1, 0.15) is 16.2 Å². The lowest BCUT2D eigenvalue weighted by molar-refractivity contribution is -0.141. The number of pyridine rings is 1. The Balaban J connectivity index is 1.06. The summed E-state index contributed by atoms with van der Waals surface area (Å²) in [5.74, 6) is -2.54. The first kappa shape index (κ1) is 31.6. The molecule has 6 rings (SSSR count). The van der Waals surface area contributed by atoms with Gasteiger partial charge in [-0.25, -0.2) is 18.6 Å². The smallest absolute Gasteiger partial charge is 0.417 e. The number of para-hydroxylation sites is 2. The van der Waals surface area contributed by atoms with Crippen molar-refractivity contribution in [3.05, 3.63) is 89.9 Å². The Morgan fingerprint density at radius 2 is 1.38 bits per heavy atom. The molecule has 2 saturated heterocycles. The predicted molar refractivity (Wildman–Crippen MR) is 164 cm³/mol. The molecule has 3 amide bonds. The minimum atomic E-state index is -4.96. The number of carbonyl (C=O) groups is 2. The van der Waals surface area contributed by atoms with Gasteiger partial charge in [-0.15, -0.1) is 0 Å². The Bertz CT molecular complexity index is 1730. The SMILES string of the molecule is O=C(Nc1ccc(N2CCN(C(=O)Nc3ccccc3F)CC2)nc1)c1oc(N2CCN(c3ccccc3F)CC2)nc1C(F)(F)F. The topological polar surface area (TPSA) is 110 Å². The maximum Gasteiger partial charge on any atom is 0.437 e. The number of anilines is 5. The number of rotatable bonds is 6. The van der Waals surface area contributed by atoms with Gasteiger partial charge in [-0.1, -0.05) is 24.3 Å². The van der Waals surface area contributed by atoms with Gasteiger partial charge in [0.15, 0.2) is 5.69 Å². The van der Waals surface area contributed by atoms with Crippen LogP contribution in [0.15, 0.2) is 71.3 Å². The first-order valence-corrected chi connectivity index (χ1v) is 14.7.